The van der Waals surface area contributed by atoms with E-state index >= 15 is 0 Å². The molecule has 0 bridgehead atoms. The molecule has 0 spiro atoms. The van der Waals surface area contributed by atoms with Crippen molar-refractivity contribution in [2.45, 2.75) is 37.3 Å². The molecule has 1 unspecified atom stereocenters. The molecular formula is C17H21NO. The van der Waals surface area contributed by atoms with E-state index in [0.29, 0.717) is 0 Å². The molecule has 0 aromatic heterocycles. The average molecular weight is 255 g/mol. The summed E-state index contributed by atoms with van der Waals surface area (Å²) in [5, 5.41) is 2.51. The third-order valence-corrected chi connectivity index (χ3v) is 4.56. The van der Waals surface area contributed by atoms with Gasteiger partial charge in [0.2, 0.25) is 0 Å². The summed E-state index contributed by atoms with van der Waals surface area (Å²) in [6, 6.07) is 14.9. The van der Waals surface area contributed by atoms with Crippen molar-refractivity contribution >= 4 is 10.8 Å². The summed E-state index contributed by atoms with van der Waals surface area (Å²) < 4.78 is 5.80. The third kappa shape index (κ3) is 2.15. The summed E-state index contributed by atoms with van der Waals surface area (Å²) in [5.74, 6) is 0. The van der Waals surface area contributed by atoms with Crippen LogP contribution in [-0.4, -0.2) is 12.7 Å². The van der Waals surface area contributed by atoms with Gasteiger partial charge < -0.3 is 10.5 Å². The summed E-state index contributed by atoms with van der Waals surface area (Å²) >= 11 is 0. The zero-order valence-corrected chi connectivity index (χ0v) is 11.4. The van der Waals surface area contributed by atoms with Gasteiger partial charge in [-0.25, -0.2) is 0 Å². The molecule has 1 aliphatic rings. The number of fused-ring (bicyclic) bond motifs is 1. The molecule has 1 saturated carbocycles. The van der Waals surface area contributed by atoms with Gasteiger partial charge in [0, 0.05) is 7.11 Å². The van der Waals surface area contributed by atoms with Crippen molar-refractivity contribution in [3.05, 3.63) is 48.0 Å². The minimum Gasteiger partial charge on any atom is -0.376 e. The van der Waals surface area contributed by atoms with E-state index in [1.54, 1.807) is 7.11 Å². The summed E-state index contributed by atoms with van der Waals surface area (Å²) in [7, 11) is 1.80. The second kappa shape index (κ2) is 4.95. The van der Waals surface area contributed by atoms with Gasteiger partial charge in [0.05, 0.1) is 11.6 Å². The number of nitrogens with two attached hydrogens (primary N) is 1. The van der Waals surface area contributed by atoms with Crippen molar-refractivity contribution in [1.82, 2.24) is 0 Å². The Bertz CT molecular complexity index is 572. The predicted molar refractivity (Wildman–Crippen MR) is 79.1 cm³/mol. The van der Waals surface area contributed by atoms with Gasteiger partial charge in [-0.2, -0.15) is 0 Å². The van der Waals surface area contributed by atoms with Crippen LogP contribution in [0.15, 0.2) is 42.5 Å². The van der Waals surface area contributed by atoms with E-state index in [0.717, 1.165) is 12.8 Å². The van der Waals surface area contributed by atoms with E-state index in [4.69, 9.17) is 10.5 Å². The van der Waals surface area contributed by atoms with Crippen LogP contribution in [0.4, 0.5) is 0 Å². The standard InChI is InChI=1S/C17H21NO/c1-19-17(10-4-5-11-17)16(18)15-9-8-13-6-2-3-7-14(13)12-15/h2-3,6-9,12,16H,4-5,10-11,18H2,1H3. The van der Waals surface area contributed by atoms with E-state index in [9.17, 15) is 0 Å². The van der Waals surface area contributed by atoms with Crippen molar-refractivity contribution in [3.8, 4) is 0 Å². The van der Waals surface area contributed by atoms with Crippen LogP contribution in [0.3, 0.4) is 0 Å². The summed E-state index contributed by atoms with van der Waals surface area (Å²) in [6.07, 6.45) is 4.57. The molecule has 100 valence electrons. The minimum atomic E-state index is -0.164. The Morgan fingerprint density at radius 3 is 2.42 bits per heavy atom. The van der Waals surface area contributed by atoms with E-state index in [1.165, 1.54) is 29.2 Å². The molecular weight excluding hydrogens is 234 g/mol. The van der Waals surface area contributed by atoms with E-state index in [-0.39, 0.29) is 11.6 Å². The van der Waals surface area contributed by atoms with Crippen molar-refractivity contribution in [3.63, 3.8) is 0 Å². The lowest BCUT2D eigenvalue weighted by molar-refractivity contribution is -0.0263. The first-order valence-corrected chi connectivity index (χ1v) is 7.05. The molecule has 0 radical (unpaired) electrons. The molecule has 1 aliphatic carbocycles. The van der Waals surface area contributed by atoms with Crippen LogP contribution in [0.5, 0.6) is 0 Å². The van der Waals surface area contributed by atoms with E-state index < -0.39 is 0 Å². The maximum atomic E-state index is 6.51. The SMILES string of the molecule is COC1(C(N)c2ccc3ccccc3c2)CCCC1. The fourth-order valence-electron chi connectivity index (χ4n) is 3.32. The molecule has 0 heterocycles. The van der Waals surface area contributed by atoms with Crippen LogP contribution in [-0.2, 0) is 4.74 Å². The highest BCUT2D eigenvalue weighted by Crippen LogP contribution is 2.41. The average Bonchev–Trinajstić information content (AvgIpc) is 2.96. The van der Waals surface area contributed by atoms with Crippen LogP contribution >= 0.6 is 0 Å². The van der Waals surface area contributed by atoms with Gasteiger partial charge in [-0.05, 0) is 35.2 Å². The van der Waals surface area contributed by atoms with Gasteiger partial charge in [-0.1, -0.05) is 49.2 Å². The van der Waals surface area contributed by atoms with E-state index in [2.05, 4.69) is 42.5 Å². The van der Waals surface area contributed by atoms with Gasteiger partial charge in [0.25, 0.3) is 0 Å². The van der Waals surface area contributed by atoms with Crippen LogP contribution in [0.25, 0.3) is 10.8 Å². The van der Waals surface area contributed by atoms with Crippen LogP contribution in [0, 0.1) is 0 Å². The molecule has 3 rings (SSSR count). The quantitative estimate of drug-likeness (QED) is 0.905. The first-order valence-electron chi connectivity index (χ1n) is 7.05. The van der Waals surface area contributed by atoms with Crippen molar-refractivity contribution in [1.29, 1.82) is 0 Å². The minimum absolute atomic E-state index is 0.0374. The van der Waals surface area contributed by atoms with E-state index in [1.807, 2.05) is 0 Å². The molecule has 2 aromatic carbocycles. The topological polar surface area (TPSA) is 35.2 Å². The summed E-state index contributed by atoms with van der Waals surface area (Å²) in [6.45, 7) is 0. The highest BCUT2D eigenvalue weighted by Gasteiger charge is 2.40. The molecule has 0 aliphatic heterocycles. The zero-order valence-electron chi connectivity index (χ0n) is 11.4. The van der Waals surface area contributed by atoms with Gasteiger partial charge in [0.15, 0.2) is 0 Å². The Kier molecular flexibility index (Phi) is 3.29. The number of hydrogen-bond acceptors (Lipinski definition) is 2. The fourth-order valence-corrected chi connectivity index (χ4v) is 3.32. The number of ether oxygens (including phenoxy) is 1. The van der Waals surface area contributed by atoms with Crippen molar-refractivity contribution in [2.24, 2.45) is 5.73 Å². The summed E-state index contributed by atoms with van der Waals surface area (Å²) in [4.78, 5) is 0. The molecule has 2 aromatic rings. The Morgan fingerprint density at radius 1 is 1.05 bits per heavy atom. The first kappa shape index (κ1) is 12.6. The first-order chi connectivity index (χ1) is 9.25. The summed E-state index contributed by atoms with van der Waals surface area (Å²) in [5.41, 5.74) is 7.53. The molecule has 19 heavy (non-hydrogen) atoms. The number of rotatable bonds is 3. The smallest absolute Gasteiger partial charge is 0.0870 e. The Hall–Kier alpha value is -1.38. The Morgan fingerprint density at radius 2 is 1.74 bits per heavy atom. The van der Waals surface area contributed by atoms with Crippen molar-refractivity contribution in [2.75, 3.05) is 7.11 Å². The molecule has 2 heteroatoms. The van der Waals surface area contributed by atoms with Crippen LogP contribution in [0.1, 0.15) is 37.3 Å². The highest BCUT2D eigenvalue weighted by molar-refractivity contribution is 5.83. The number of methoxy groups -OCH3 is 1. The normalized spacial score (nSPS) is 19.7. The van der Waals surface area contributed by atoms with Gasteiger partial charge in [0.1, 0.15) is 0 Å². The lowest BCUT2D eigenvalue weighted by Gasteiger charge is -2.34. The molecule has 2 N–H and O–H groups in total. The Balaban J connectivity index is 1.99. The molecule has 1 fully saturated rings. The molecule has 1 atom stereocenters. The Labute approximate surface area is 114 Å². The second-order valence-electron chi connectivity index (χ2n) is 5.56. The predicted octanol–water partition coefficient (Wildman–Crippen LogP) is 3.80. The number of benzene rings is 2. The van der Waals surface area contributed by atoms with Crippen LogP contribution in [0.2, 0.25) is 0 Å². The molecule has 0 amide bonds. The molecule has 2 nitrogen and oxygen atoms in total. The monoisotopic (exact) mass is 255 g/mol. The zero-order chi connectivity index (χ0) is 13.3. The number of hydrogen-bond donors (Lipinski definition) is 1. The highest BCUT2D eigenvalue weighted by atomic mass is 16.5. The van der Waals surface area contributed by atoms with Gasteiger partial charge >= 0.3 is 0 Å². The molecule has 0 saturated heterocycles. The van der Waals surface area contributed by atoms with Gasteiger partial charge in [-0.15, -0.1) is 0 Å². The van der Waals surface area contributed by atoms with Gasteiger partial charge in [-0.3, -0.25) is 0 Å². The lowest BCUT2D eigenvalue weighted by Crippen LogP contribution is -2.40. The third-order valence-electron chi connectivity index (χ3n) is 4.56. The lowest BCUT2D eigenvalue weighted by atomic mass is 9.86. The second-order valence-corrected chi connectivity index (χ2v) is 5.56. The largest absolute Gasteiger partial charge is 0.376 e. The maximum Gasteiger partial charge on any atom is 0.0870 e. The van der Waals surface area contributed by atoms with Crippen molar-refractivity contribution < 1.29 is 4.74 Å². The van der Waals surface area contributed by atoms with Crippen LogP contribution < -0.4 is 5.73 Å². The fraction of sp³-hybridized carbons (Fsp3) is 0.412. The maximum absolute atomic E-state index is 6.51.